The molecule has 3 aromatic rings. The molecule has 1 aromatic carbocycles. The van der Waals surface area contributed by atoms with E-state index in [1.54, 1.807) is 6.07 Å². The number of amides is 1. The molecule has 1 amide bonds. The molecule has 3 heterocycles. The zero-order valence-electron chi connectivity index (χ0n) is 15.7. The fraction of sp³-hybridized carbons (Fsp3) is 0.368. The Morgan fingerprint density at radius 3 is 2.62 bits per heavy atom. The molecule has 1 fully saturated rings. The number of nitrogens with one attached hydrogen (secondary N) is 1. The van der Waals surface area contributed by atoms with Gasteiger partial charge in [-0.05, 0) is 41.0 Å². The first-order valence-electron chi connectivity index (χ1n) is 9.47. The molecule has 1 aliphatic rings. The summed E-state index contributed by atoms with van der Waals surface area (Å²) in [5.74, 6) is -0.716. The van der Waals surface area contributed by atoms with Gasteiger partial charge in [-0.25, -0.2) is 4.79 Å². The number of carbonyl (C=O) groups excluding carboxylic acids is 1. The highest BCUT2D eigenvalue weighted by Gasteiger charge is 2.29. The van der Waals surface area contributed by atoms with Crippen LogP contribution in [0.15, 0.2) is 42.5 Å². The average molecular weight is 395 g/mol. The number of aromatic nitrogens is 5. The molecule has 1 aliphatic heterocycles. The molecular formula is C19H21N7O3. The van der Waals surface area contributed by atoms with Gasteiger partial charge in [-0.2, -0.15) is 0 Å². The summed E-state index contributed by atoms with van der Waals surface area (Å²) in [4.78, 5) is 26.3. The van der Waals surface area contributed by atoms with Gasteiger partial charge in [-0.1, -0.05) is 30.3 Å². The zero-order chi connectivity index (χ0) is 20.2. The van der Waals surface area contributed by atoms with E-state index in [-0.39, 0.29) is 18.2 Å². The second kappa shape index (κ2) is 8.21. The van der Waals surface area contributed by atoms with Crippen LogP contribution in [0.4, 0.5) is 5.82 Å². The van der Waals surface area contributed by atoms with Crippen molar-refractivity contribution in [3.05, 3.63) is 48.0 Å². The zero-order valence-corrected chi connectivity index (χ0v) is 15.7. The van der Waals surface area contributed by atoms with E-state index in [9.17, 15) is 14.7 Å². The van der Waals surface area contributed by atoms with Crippen molar-refractivity contribution in [1.82, 2.24) is 30.6 Å². The quantitative estimate of drug-likeness (QED) is 0.620. The van der Waals surface area contributed by atoms with Crippen LogP contribution >= 0.6 is 0 Å². The molecule has 10 heteroatoms. The van der Waals surface area contributed by atoms with Crippen molar-refractivity contribution in [3.8, 4) is 0 Å². The highest BCUT2D eigenvalue weighted by molar-refractivity contribution is 5.85. The van der Waals surface area contributed by atoms with Crippen LogP contribution in [-0.4, -0.2) is 61.4 Å². The predicted octanol–water partition coefficient (Wildman–Crippen LogP) is 0.548. The molecule has 0 radical (unpaired) electrons. The number of piperidine rings is 1. The van der Waals surface area contributed by atoms with Crippen LogP contribution in [0.25, 0.3) is 5.65 Å². The monoisotopic (exact) mass is 395 g/mol. The number of hydrogen-bond donors (Lipinski definition) is 2. The maximum atomic E-state index is 12.6. The molecule has 150 valence electrons. The maximum absolute atomic E-state index is 12.6. The van der Waals surface area contributed by atoms with E-state index in [2.05, 4.69) is 30.8 Å². The second-order valence-electron chi connectivity index (χ2n) is 7.07. The number of fused-ring (bicyclic) bond motifs is 1. The lowest BCUT2D eigenvalue weighted by molar-refractivity contribution is -0.142. The van der Waals surface area contributed by atoms with E-state index in [1.165, 1.54) is 4.63 Å². The third kappa shape index (κ3) is 4.31. The van der Waals surface area contributed by atoms with Gasteiger partial charge in [0.2, 0.25) is 5.91 Å². The van der Waals surface area contributed by atoms with Crippen LogP contribution in [0.2, 0.25) is 0 Å². The largest absolute Gasteiger partial charge is 0.480 e. The molecule has 1 atom stereocenters. The number of carbonyl (C=O) groups is 2. The van der Waals surface area contributed by atoms with Gasteiger partial charge in [0.05, 0.1) is 0 Å². The summed E-state index contributed by atoms with van der Waals surface area (Å²) >= 11 is 0. The third-order valence-electron chi connectivity index (χ3n) is 5.14. The number of aliphatic carboxylic acids is 1. The Labute approximate surface area is 166 Å². The van der Waals surface area contributed by atoms with Gasteiger partial charge < -0.3 is 15.3 Å². The highest BCUT2D eigenvalue weighted by atomic mass is 16.4. The summed E-state index contributed by atoms with van der Waals surface area (Å²) in [5, 5.41) is 27.8. The number of nitrogens with zero attached hydrogens (tertiary/aromatic N) is 6. The maximum Gasteiger partial charge on any atom is 0.326 e. The standard InChI is InChI=1S/C19H21N7O3/c27-18(20-15(19(28)29)12-13-4-2-1-3-5-13)14-8-10-25(11-9-14)17-7-6-16-21-23-24-26(16)22-17/h1-7,14-15H,8-12H2,(H,20,27)(H,28,29). The second-order valence-corrected chi connectivity index (χ2v) is 7.07. The van der Waals surface area contributed by atoms with Crippen molar-refractivity contribution in [2.75, 3.05) is 18.0 Å². The molecule has 0 saturated carbocycles. The van der Waals surface area contributed by atoms with E-state index < -0.39 is 12.0 Å². The Kier molecular flexibility index (Phi) is 5.32. The topological polar surface area (TPSA) is 126 Å². The van der Waals surface area contributed by atoms with Gasteiger partial charge in [-0.15, -0.1) is 14.8 Å². The molecule has 29 heavy (non-hydrogen) atoms. The molecule has 0 aliphatic carbocycles. The van der Waals surface area contributed by atoms with Gasteiger partial charge in [-0.3, -0.25) is 4.79 Å². The summed E-state index contributed by atoms with van der Waals surface area (Å²) in [6, 6.07) is 12.0. The van der Waals surface area contributed by atoms with E-state index in [0.29, 0.717) is 31.6 Å². The minimum Gasteiger partial charge on any atom is -0.480 e. The summed E-state index contributed by atoms with van der Waals surface area (Å²) in [7, 11) is 0. The van der Waals surface area contributed by atoms with Crippen LogP contribution in [0.5, 0.6) is 0 Å². The van der Waals surface area contributed by atoms with Crippen molar-refractivity contribution in [3.63, 3.8) is 0 Å². The SMILES string of the molecule is O=C(NC(Cc1ccccc1)C(=O)O)C1CCN(c2ccc3nnnn3n2)CC1. The van der Waals surface area contributed by atoms with E-state index in [0.717, 1.165) is 11.4 Å². The first kappa shape index (κ1) is 18.8. The highest BCUT2D eigenvalue weighted by Crippen LogP contribution is 2.22. The van der Waals surface area contributed by atoms with Gasteiger partial charge in [0.1, 0.15) is 6.04 Å². The Hall–Kier alpha value is -3.56. The van der Waals surface area contributed by atoms with Crippen LogP contribution in [0, 0.1) is 5.92 Å². The molecule has 4 rings (SSSR count). The van der Waals surface area contributed by atoms with Crippen LogP contribution in [-0.2, 0) is 16.0 Å². The summed E-state index contributed by atoms with van der Waals surface area (Å²) < 4.78 is 1.37. The number of carboxylic acid groups (broad SMARTS) is 1. The Bertz CT molecular complexity index is 999. The van der Waals surface area contributed by atoms with Crippen LogP contribution < -0.4 is 10.2 Å². The van der Waals surface area contributed by atoms with Crippen molar-refractivity contribution in [2.45, 2.75) is 25.3 Å². The molecule has 0 bridgehead atoms. The van der Waals surface area contributed by atoms with Crippen LogP contribution in [0.1, 0.15) is 18.4 Å². The number of carboxylic acids is 1. The number of benzene rings is 1. The summed E-state index contributed by atoms with van der Waals surface area (Å²) in [6.07, 6.45) is 1.51. The molecular weight excluding hydrogens is 374 g/mol. The van der Waals surface area contributed by atoms with E-state index in [4.69, 9.17) is 0 Å². The first-order chi connectivity index (χ1) is 14.1. The molecule has 1 unspecified atom stereocenters. The van der Waals surface area contributed by atoms with Crippen LogP contribution in [0.3, 0.4) is 0 Å². The summed E-state index contributed by atoms with van der Waals surface area (Å²) in [6.45, 7) is 1.30. The van der Waals surface area contributed by atoms with Crippen molar-refractivity contribution < 1.29 is 14.7 Å². The lowest BCUT2D eigenvalue weighted by Gasteiger charge is -2.32. The molecule has 10 nitrogen and oxygen atoms in total. The lowest BCUT2D eigenvalue weighted by atomic mass is 9.95. The van der Waals surface area contributed by atoms with Gasteiger partial charge in [0.15, 0.2) is 11.5 Å². The molecule has 1 saturated heterocycles. The number of tetrazole rings is 1. The fourth-order valence-electron chi connectivity index (χ4n) is 3.52. The molecule has 0 spiro atoms. The normalized spacial score (nSPS) is 15.9. The van der Waals surface area contributed by atoms with Gasteiger partial charge in [0.25, 0.3) is 0 Å². The Morgan fingerprint density at radius 1 is 1.14 bits per heavy atom. The van der Waals surface area contributed by atoms with E-state index in [1.807, 2.05) is 36.4 Å². The van der Waals surface area contributed by atoms with Gasteiger partial charge >= 0.3 is 5.97 Å². The number of hydrogen-bond acceptors (Lipinski definition) is 7. The van der Waals surface area contributed by atoms with Gasteiger partial charge in [0, 0.05) is 25.4 Å². The molecule has 2 N–H and O–H groups in total. The van der Waals surface area contributed by atoms with Crippen molar-refractivity contribution >= 4 is 23.3 Å². The van der Waals surface area contributed by atoms with E-state index >= 15 is 0 Å². The van der Waals surface area contributed by atoms with Crippen molar-refractivity contribution in [1.29, 1.82) is 0 Å². The number of rotatable bonds is 6. The van der Waals surface area contributed by atoms with Crippen molar-refractivity contribution in [2.24, 2.45) is 5.92 Å². The third-order valence-corrected chi connectivity index (χ3v) is 5.14. The lowest BCUT2D eigenvalue weighted by Crippen LogP contribution is -2.47. The minimum absolute atomic E-state index is 0.211. The Balaban J connectivity index is 1.34. The predicted molar refractivity (Wildman–Crippen MR) is 103 cm³/mol. The first-order valence-corrected chi connectivity index (χ1v) is 9.47. The fourth-order valence-corrected chi connectivity index (χ4v) is 3.52. The molecule has 2 aromatic heterocycles. The minimum atomic E-state index is -1.03. The summed E-state index contributed by atoms with van der Waals surface area (Å²) in [5.41, 5.74) is 1.44. The Morgan fingerprint density at radius 2 is 1.90 bits per heavy atom. The number of anilines is 1. The smallest absolute Gasteiger partial charge is 0.326 e. The average Bonchev–Trinajstić information content (AvgIpc) is 3.22.